The van der Waals surface area contributed by atoms with Gasteiger partial charge in [0.1, 0.15) is 12.3 Å². The van der Waals surface area contributed by atoms with E-state index in [0.29, 0.717) is 6.61 Å². The Kier molecular flexibility index (Phi) is 4.13. The van der Waals surface area contributed by atoms with Gasteiger partial charge in [0.25, 0.3) is 0 Å². The van der Waals surface area contributed by atoms with E-state index >= 15 is 0 Å². The van der Waals surface area contributed by atoms with Gasteiger partial charge >= 0.3 is 0 Å². The van der Waals surface area contributed by atoms with Gasteiger partial charge in [-0.2, -0.15) is 0 Å². The number of nitrogens with zero attached hydrogens (tertiary/aromatic N) is 1. The van der Waals surface area contributed by atoms with Crippen molar-refractivity contribution < 1.29 is 9.68 Å². The smallest absolute Gasteiger partial charge is 0.103 e. The van der Waals surface area contributed by atoms with Crippen LogP contribution in [0.3, 0.4) is 0 Å². The average Bonchev–Trinajstić information content (AvgIpc) is 2.42. The number of rotatable bonds is 5. The summed E-state index contributed by atoms with van der Waals surface area (Å²) in [6, 6.07) is 20.5. The summed E-state index contributed by atoms with van der Waals surface area (Å²) in [5.41, 5.74) is 1.83. The highest BCUT2D eigenvalue weighted by atomic mass is 16.9. The monoisotopic (exact) mass is 228 g/mol. The molecule has 0 heterocycles. The van der Waals surface area contributed by atoms with E-state index in [1.54, 1.807) is 7.11 Å². The second-order valence-corrected chi connectivity index (χ2v) is 3.45. The fourth-order valence-electron chi connectivity index (χ4n) is 1.43. The highest BCUT2D eigenvalue weighted by Gasteiger charge is 2.05. The van der Waals surface area contributed by atoms with Gasteiger partial charge in [-0.1, -0.05) is 48.5 Å². The molecule has 17 heavy (non-hydrogen) atoms. The van der Waals surface area contributed by atoms with Gasteiger partial charge in [0, 0.05) is 6.07 Å². The van der Waals surface area contributed by atoms with Gasteiger partial charge in [0.2, 0.25) is 0 Å². The molecule has 2 aromatic rings. The van der Waals surface area contributed by atoms with E-state index in [1.807, 2.05) is 54.6 Å². The van der Waals surface area contributed by atoms with Crippen LogP contribution in [0.15, 0.2) is 54.6 Å². The van der Waals surface area contributed by atoms with Crippen molar-refractivity contribution in [3.8, 4) is 0 Å². The summed E-state index contributed by atoms with van der Waals surface area (Å²) in [7, 11) is 1.56. The van der Waals surface area contributed by atoms with Gasteiger partial charge in [0.15, 0.2) is 0 Å². The second kappa shape index (κ2) is 6.03. The molecule has 0 atom stereocenters. The largest absolute Gasteiger partial charge is 0.252 e. The third kappa shape index (κ3) is 3.31. The Morgan fingerprint density at radius 3 is 2.47 bits per heavy atom. The molecule has 2 rings (SSSR count). The third-order valence-corrected chi connectivity index (χ3v) is 2.25. The fourth-order valence-corrected chi connectivity index (χ4v) is 1.43. The lowest BCUT2D eigenvalue weighted by molar-refractivity contribution is -0.0767. The SMILES string of the molecule is CON(OCc1ccccc1)c1[c]cccc1. The van der Waals surface area contributed by atoms with Crippen LogP contribution in [-0.4, -0.2) is 7.11 Å². The van der Waals surface area contributed by atoms with Gasteiger partial charge in [-0.25, -0.2) is 4.84 Å². The summed E-state index contributed by atoms with van der Waals surface area (Å²) in [6.07, 6.45) is 0. The number of anilines is 1. The molecule has 0 fully saturated rings. The first-order valence-corrected chi connectivity index (χ1v) is 5.38. The molecule has 3 nitrogen and oxygen atoms in total. The van der Waals surface area contributed by atoms with Gasteiger partial charge in [-0.15, -0.1) is 5.23 Å². The predicted octanol–water partition coefficient (Wildman–Crippen LogP) is 2.99. The Morgan fingerprint density at radius 2 is 1.82 bits per heavy atom. The molecular formula is C14H14NO2. The topological polar surface area (TPSA) is 21.7 Å². The Morgan fingerprint density at radius 1 is 1.06 bits per heavy atom. The first kappa shape index (κ1) is 11.6. The zero-order valence-corrected chi connectivity index (χ0v) is 9.67. The van der Waals surface area contributed by atoms with Crippen molar-refractivity contribution in [3.05, 3.63) is 66.2 Å². The van der Waals surface area contributed by atoms with E-state index in [-0.39, 0.29) is 0 Å². The standard InChI is InChI=1S/C14H14NO2/c1-16-15(14-10-6-3-7-11-14)17-12-13-8-4-2-5-9-13/h2-10H,12H2,1H3. The van der Waals surface area contributed by atoms with Crippen molar-refractivity contribution >= 4 is 5.69 Å². The molecule has 87 valence electrons. The second-order valence-electron chi connectivity index (χ2n) is 3.45. The highest BCUT2D eigenvalue weighted by molar-refractivity contribution is 5.39. The van der Waals surface area contributed by atoms with Crippen molar-refractivity contribution in [1.82, 2.24) is 0 Å². The Hall–Kier alpha value is -1.84. The van der Waals surface area contributed by atoms with Gasteiger partial charge in [0.05, 0.1) is 7.11 Å². The lowest BCUT2D eigenvalue weighted by Gasteiger charge is -2.20. The van der Waals surface area contributed by atoms with Crippen LogP contribution in [0.25, 0.3) is 0 Å². The molecule has 0 bridgehead atoms. The molecule has 0 aliphatic rings. The summed E-state index contributed by atoms with van der Waals surface area (Å²) >= 11 is 0. The van der Waals surface area contributed by atoms with E-state index < -0.39 is 0 Å². The minimum atomic E-state index is 0.456. The molecule has 0 saturated heterocycles. The summed E-state index contributed by atoms with van der Waals surface area (Å²) in [5, 5.41) is 1.35. The Labute approximate surface area is 101 Å². The molecule has 0 aromatic heterocycles. The summed E-state index contributed by atoms with van der Waals surface area (Å²) in [6.45, 7) is 0.456. The van der Waals surface area contributed by atoms with Crippen molar-refractivity contribution in [2.75, 3.05) is 12.3 Å². The molecule has 0 amide bonds. The third-order valence-electron chi connectivity index (χ3n) is 2.25. The molecule has 2 aromatic carbocycles. The van der Waals surface area contributed by atoms with Crippen LogP contribution in [0.5, 0.6) is 0 Å². The summed E-state index contributed by atoms with van der Waals surface area (Å²) < 4.78 is 0. The summed E-state index contributed by atoms with van der Waals surface area (Å²) in [4.78, 5) is 10.7. The normalized spacial score (nSPS) is 10.2. The van der Waals surface area contributed by atoms with Crippen LogP contribution in [0.2, 0.25) is 0 Å². The first-order chi connectivity index (χ1) is 8.40. The van der Waals surface area contributed by atoms with Crippen molar-refractivity contribution in [3.63, 3.8) is 0 Å². The fraction of sp³-hybridized carbons (Fsp3) is 0.143. The first-order valence-electron chi connectivity index (χ1n) is 5.38. The van der Waals surface area contributed by atoms with Crippen molar-refractivity contribution in [2.45, 2.75) is 6.61 Å². The van der Waals surface area contributed by atoms with E-state index in [9.17, 15) is 0 Å². The number of benzene rings is 2. The van der Waals surface area contributed by atoms with Crippen LogP contribution in [0.4, 0.5) is 5.69 Å². The molecule has 1 radical (unpaired) electrons. The lowest BCUT2D eigenvalue weighted by Crippen LogP contribution is -2.21. The molecule has 3 heteroatoms. The van der Waals surface area contributed by atoms with E-state index in [2.05, 4.69) is 6.07 Å². The molecule has 0 spiro atoms. The van der Waals surface area contributed by atoms with Crippen LogP contribution in [0.1, 0.15) is 5.56 Å². The minimum Gasteiger partial charge on any atom is -0.252 e. The van der Waals surface area contributed by atoms with Crippen LogP contribution in [0, 0.1) is 6.07 Å². The lowest BCUT2D eigenvalue weighted by atomic mass is 10.2. The van der Waals surface area contributed by atoms with Crippen LogP contribution < -0.4 is 5.23 Å². The Bertz CT molecular complexity index is 430. The van der Waals surface area contributed by atoms with Gasteiger partial charge < -0.3 is 0 Å². The molecular weight excluding hydrogens is 214 g/mol. The average molecular weight is 228 g/mol. The van der Waals surface area contributed by atoms with Crippen LogP contribution in [-0.2, 0) is 16.3 Å². The minimum absolute atomic E-state index is 0.456. The maximum absolute atomic E-state index is 5.54. The molecule has 0 unspecified atom stereocenters. The maximum atomic E-state index is 5.54. The molecule has 0 aliphatic heterocycles. The molecule has 0 saturated carbocycles. The van der Waals surface area contributed by atoms with Gasteiger partial charge in [-0.3, -0.25) is 4.84 Å². The zero-order valence-electron chi connectivity index (χ0n) is 9.67. The quantitative estimate of drug-likeness (QED) is 0.734. The number of hydrogen-bond acceptors (Lipinski definition) is 3. The van der Waals surface area contributed by atoms with E-state index in [0.717, 1.165) is 11.3 Å². The number of hydrogen-bond donors (Lipinski definition) is 0. The summed E-state index contributed by atoms with van der Waals surface area (Å²) in [5.74, 6) is 0. The van der Waals surface area contributed by atoms with E-state index in [4.69, 9.17) is 9.68 Å². The molecule has 0 aliphatic carbocycles. The van der Waals surface area contributed by atoms with E-state index in [1.165, 1.54) is 5.23 Å². The van der Waals surface area contributed by atoms with Gasteiger partial charge in [-0.05, 0) is 11.6 Å². The number of para-hydroxylation sites is 1. The Balaban J connectivity index is 1.97. The highest BCUT2D eigenvalue weighted by Crippen LogP contribution is 2.14. The molecule has 0 N–H and O–H groups in total. The van der Waals surface area contributed by atoms with Crippen LogP contribution >= 0.6 is 0 Å². The maximum Gasteiger partial charge on any atom is 0.103 e. The predicted molar refractivity (Wildman–Crippen MR) is 66.0 cm³/mol. The van der Waals surface area contributed by atoms with Crippen molar-refractivity contribution in [2.24, 2.45) is 0 Å². The zero-order chi connectivity index (χ0) is 11.9. The van der Waals surface area contributed by atoms with Crippen molar-refractivity contribution in [1.29, 1.82) is 0 Å².